The lowest BCUT2D eigenvalue weighted by Crippen LogP contribution is -2.66. The van der Waals surface area contributed by atoms with Gasteiger partial charge in [-0.25, -0.2) is 0 Å². The quantitative estimate of drug-likeness (QED) is 0.160. The fraction of sp³-hybridized carbons (Fsp3) is 0.170. The van der Waals surface area contributed by atoms with Gasteiger partial charge in [0.2, 0.25) is 0 Å². The summed E-state index contributed by atoms with van der Waals surface area (Å²) in [5, 5.41) is 6.83. The molecule has 0 saturated heterocycles. The molecule has 0 aliphatic carbocycles. The van der Waals surface area contributed by atoms with Gasteiger partial charge in [0, 0.05) is 86.6 Å². The highest BCUT2D eigenvalue weighted by molar-refractivity contribution is 7.34. The van der Waals surface area contributed by atoms with Crippen molar-refractivity contribution in [2.45, 2.75) is 125 Å². The zero-order valence-electron chi connectivity index (χ0n) is 70.0. The van der Waals surface area contributed by atoms with Gasteiger partial charge < -0.3 is 29.7 Å². The Morgan fingerprint density at radius 1 is 0.274 bits per heavy atom. The number of aryl methyl sites for hydroxylation is 18. The lowest BCUT2D eigenvalue weighted by molar-refractivity contribution is 0.495. The van der Waals surface area contributed by atoms with Crippen LogP contribution in [0.2, 0.25) is 0 Å². The fourth-order valence-corrected chi connectivity index (χ4v) is 25.5. The first kappa shape index (κ1) is 71.5. The van der Waals surface area contributed by atoms with Crippen LogP contribution in [0.3, 0.4) is 0 Å². The van der Waals surface area contributed by atoms with Crippen LogP contribution in [0.25, 0.3) is 53.6 Å². The van der Waals surface area contributed by atoms with Gasteiger partial charge in [0.1, 0.15) is 11.5 Å². The van der Waals surface area contributed by atoms with E-state index in [2.05, 4.69) is 362 Å². The summed E-state index contributed by atoms with van der Waals surface area (Å²) in [5.74, 6) is 1.86. The van der Waals surface area contributed by atoms with Crippen LogP contribution in [0.1, 0.15) is 100 Å². The number of hydrogen-bond acceptors (Lipinski definition) is 8. The predicted molar refractivity (Wildman–Crippen MR) is 508 cm³/mol. The SMILES string of the molecule is Cc1cc(C)c(-c2cc3c4c(c2)N(c2ccccc2)c2c(sc5ccccc25)B4c2cc4c(cc2N3)N(c2c(C)cc(C)cc2C)c2cc(-c3c(C)cc(C)cc3C)cc3c2B4c2cc4c(cc2N3c2c(C)cc(C)cc2C)N(c2c(C)cc(C)cc2C)c2cc(-c3c(C)cc(C)cc3C)cc3c2B4c2sc4ccccc4c2O3)c(C)c1. The molecule has 1 N–H and O–H groups in total. The maximum absolute atomic E-state index is 7.75. The number of hydrogen-bond donors (Lipinski definition) is 1. The van der Waals surface area contributed by atoms with Crippen LogP contribution in [0.4, 0.5) is 79.6 Å². The second kappa shape index (κ2) is 25.7. The van der Waals surface area contributed by atoms with E-state index in [0.717, 1.165) is 45.2 Å². The molecule has 2 aromatic heterocycles. The molecule has 16 aromatic rings. The van der Waals surface area contributed by atoms with Crippen molar-refractivity contribution in [1.82, 2.24) is 0 Å². The van der Waals surface area contributed by atoms with Gasteiger partial charge in [0.15, 0.2) is 0 Å². The molecule has 0 amide bonds. The van der Waals surface area contributed by atoms with E-state index in [1.165, 1.54) is 247 Å². The molecule has 6 aliphatic heterocycles. The number of nitrogens with zero attached hydrogens (tertiary/aromatic N) is 4. The summed E-state index contributed by atoms with van der Waals surface area (Å²) < 4.78 is 12.8. The third-order valence-corrected chi connectivity index (χ3v) is 28.9. The van der Waals surface area contributed by atoms with Crippen molar-refractivity contribution >= 4 is 190 Å². The molecule has 117 heavy (non-hydrogen) atoms. The molecule has 0 bridgehead atoms. The van der Waals surface area contributed by atoms with Gasteiger partial charge in [0.05, 0.1) is 22.7 Å². The maximum Gasteiger partial charge on any atom is 0.268 e. The minimum Gasteiger partial charge on any atom is -0.457 e. The van der Waals surface area contributed by atoms with Crippen LogP contribution < -0.4 is 77.4 Å². The molecule has 0 fully saturated rings. The minimum absolute atomic E-state index is 0.151. The number of rotatable bonds is 7. The second-order valence-electron chi connectivity index (χ2n) is 35.1. The largest absolute Gasteiger partial charge is 0.457 e. The molecular weight excluding hydrogens is 1460 g/mol. The smallest absolute Gasteiger partial charge is 0.268 e. The zero-order valence-corrected chi connectivity index (χ0v) is 71.6. The maximum atomic E-state index is 7.75. The Balaban J connectivity index is 0.907. The Bertz CT molecular complexity index is 7050. The molecule has 6 nitrogen and oxygen atoms in total. The Morgan fingerprint density at radius 2 is 0.641 bits per heavy atom. The molecule has 566 valence electrons. The molecular formula is C106H90B3N5OS2. The fourth-order valence-electron chi connectivity index (χ4n) is 22.9. The van der Waals surface area contributed by atoms with Gasteiger partial charge >= 0.3 is 0 Å². The number of fused-ring (bicyclic) bond motifs is 16. The van der Waals surface area contributed by atoms with Gasteiger partial charge in [-0.1, -0.05) is 167 Å². The van der Waals surface area contributed by atoms with Crippen LogP contribution in [-0.2, 0) is 0 Å². The van der Waals surface area contributed by atoms with Crippen molar-refractivity contribution < 1.29 is 4.74 Å². The van der Waals surface area contributed by atoms with Crippen molar-refractivity contribution in [3.8, 4) is 44.9 Å². The van der Waals surface area contributed by atoms with E-state index in [1.54, 1.807) is 0 Å². The van der Waals surface area contributed by atoms with E-state index < -0.39 is 0 Å². The first-order valence-corrected chi connectivity index (χ1v) is 43.2. The number of thiophene rings is 2. The molecule has 22 rings (SSSR count). The molecule has 6 aliphatic rings. The minimum atomic E-state index is -0.301. The van der Waals surface area contributed by atoms with Gasteiger partial charge in [-0.3, -0.25) is 0 Å². The lowest BCUT2D eigenvalue weighted by Gasteiger charge is -2.48. The highest BCUT2D eigenvalue weighted by atomic mass is 32.1. The third-order valence-electron chi connectivity index (χ3n) is 26.5. The topological polar surface area (TPSA) is 34.2 Å². The number of benzene rings is 14. The molecule has 0 unspecified atom stereocenters. The number of para-hydroxylation sites is 1. The van der Waals surface area contributed by atoms with Gasteiger partial charge in [0.25, 0.3) is 20.1 Å². The monoisotopic (exact) mass is 1550 g/mol. The van der Waals surface area contributed by atoms with Crippen molar-refractivity contribution in [3.05, 3.63) is 312 Å². The summed E-state index contributed by atoms with van der Waals surface area (Å²) in [7, 11) is 0. The number of anilines is 14. The van der Waals surface area contributed by atoms with E-state index in [1.807, 2.05) is 22.7 Å². The van der Waals surface area contributed by atoms with Crippen LogP contribution in [-0.4, -0.2) is 20.1 Å². The lowest BCUT2D eigenvalue weighted by atomic mass is 9.30. The van der Waals surface area contributed by atoms with Crippen LogP contribution >= 0.6 is 22.7 Å². The third kappa shape index (κ3) is 10.4. The summed E-state index contributed by atoms with van der Waals surface area (Å²) in [5.41, 5.74) is 55.2. The summed E-state index contributed by atoms with van der Waals surface area (Å²) in [6, 6.07) is 83.9. The standard InChI is InChI=1S/C106H90B3N5OS2/c1-54-32-60(7)94(61(8)33-54)72-44-83-97-87(45-72)111(75-26-20-19-21-27-75)103-76-28-22-24-30-92(76)116-105(103)108(97)78-50-79-84(52-82(78)110-83)112(100-66(13)38-57(4)39-67(100)14)88-46-73(95-62(9)34-55(2)35-63(95)10)47-89-98(88)107(79)80-51-81-86(53-85(80)113(89)101-68(15)40-58(5)41-69(101)16)114(102-70(17)42-59(6)43-71(102)18)90-48-74(96-64(11)36-56(3)37-65(96)12)49-91-99(90)109(81)106-104(115-91)77-29-23-25-31-93(77)117-106/h19-53,110H,1-18H3. The molecule has 14 aromatic carbocycles. The Kier molecular flexibility index (Phi) is 15.7. The summed E-state index contributed by atoms with van der Waals surface area (Å²) >= 11 is 3.87. The van der Waals surface area contributed by atoms with E-state index >= 15 is 0 Å². The van der Waals surface area contributed by atoms with Crippen LogP contribution in [0.5, 0.6) is 11.5 Å². The summed E-state index contributed by atoms with van der Waals surface area (Å²) in [6.45, 7) is 40.7. The summed E-state index contributed by atoms with van der Waals surface area (Å²) in [6.07, 6.45) is 0. The number of nitrogens with one attached hydrogen (secondary N) is 1. The molecule has 0 spiro atoms. The van der Waals surface area contributed by atoms with E-state index in [-0.39, 0.29) is 20.1 Å². The van der Waals surface area contributed by atoms with Crippen molar-refractivity contribution in [3.63, 3.8) is 0 Å². The van der Waals surface area contributed by atoms with Crippen molar-refractivity contribution in [1.29, 1.82) is 0 Å². The van der Waals surface area contributed by atoms with Crippen LogP contribution in [0, 0.1) is 125 Å². The van der Waals surface area contributed by atoms with E-state index in [0.29, 0.717) is 0 Å². The van der Waals surface area contributed by atoms with Gasteiger partial charge in [-0.2, -0.15) is 0 Å². The zero-order chi connectivity index (χ0) is 80.2. The first-order valence-electron chi connectivity index (χ1n) is 41.5. The molecule has 0 saturated carbocycles. The van der Waals surface area contributed by atoms with Gasteiger partial charge in [-0.15, -0.1) is 22.7 Å². The Hall–Kier alpha value is -12.0. The number of ether oxygens (including phenoxy) is 1. The van der Waals surface area contributed by atoms with Gasteiger partial charge in [-0.05, 0) is 342 Å². The van der Waals surface area contributed by atoms with E-state index in [4.69, 9.17) is 4.74 Å². The molecule has 8 heterocycles. The Morgan fingerprint density at radius 3 is 1.13 bits per heavy atom. The average molecular weight is 1550 g/mol. The van der Waals surface area contributed by atoms with E-state index in [9.17, 15) is 0 Å². The first-order chi connectivity index (χ1) is 56.4. The van der Waals surface area contributed by atoms with Crippen LogP contribution in [0.15, 0.2) is 212 Å². The predicted octanol–water partition coefficient (Wildman–Crippen LogP) is 23.5. The second-order valence-corrected chi connectivity index (χ2v) is 37.3. The highest BCUT2D eigenvalue weighted by Crippen LogP contribution is 2.56. The molecule has 0 atom stereocenters. The van der Waals surface area contributed by atoms with Crippen molar-refractivity contribution in [2.24, 2.45) is 0 Å². The molecule has 0 radical (unpaired) electrons. The molecule has 11 heteroatoms. The average Bonchev–Trinajstić information content (AvgIpc) is 1.39. The normalized spacial score (nSPS) is 13.6. The summed E-state index contributed by atoms with van der Waals surface area (Å²) in [4.78, 5) is 10.8. The Labute approximate surface area is 697 Å². The highest BCUT2D eigenvalue weighted by Gasteiger charge is 2.52. The van der Waals surface area contributed by atoms with Crippen molar-refractivity contribution in [2.75, 3.05) is 24.9 Å².